The van der Waals surface area contributed by atoms with Crippen molar-refractivity contribution < 1.29 is 34.0 Å². The molecule has 0 radical (unpaired) electrons. The van der Waals surface area contributed by atoms with Crippen LogP contribution in [-0.2, 0) is 32.2 Å². The number of aromatic hydroxyl groups is 1. The van der Waals surface area contributed by atoms with Gasteiger partial charge in [0.15, 0.2) is 0 Å². The molecule has 2 heterocycles. The summed E-state index contributed by atoms with van der Waals surface area (Å²) in [5.74, 6) is 5.10. The second-order valence-corrected chi connectivity index (χ2v) is 19.8. The van der Waals surface area contributed by atoms with Crippen molar-refractivity contribution in [2.75, 3.05) is 40.4 Å². The summed E-state index contributed by atoms with van der Waals surface area (Å²) >= 11 is 0. The van der Waals surface area contributed by atoms with Gasteiger partial charge in [-0.3, -0.25) is 19.4 Å². The summed E-state index contributed by atoms with van der Waals surface area (Å²) in [6.45, 7) is 4.83. The first-order valence-corrected chi connectivity index (χ1v) is 24.4. The van der Waals surface area contributed by atoms with Gasteiger partial charge in [0.1, 0.15) is 11.5 Å². The Morgan fingerprint density at radius 3 is 1.42 bits per heavy atom. The second kappa shape index (κ2) is 22.8. The normalized spacial score (nSPS) is 24.6. The third kappa shape index (κ3) is 12.6. The number of carbonyl (C=O) groups is 2. The summed E-state index contributed by atoms with van der Waals surface area (Å²) in [4.78, 5) is 27.4. The predicted molar refractivity (Wildman–Crippen MR) is 256 cm³/mol. The van der Waals surface area contributed by atoms with Gasteiger partial charge in [-0.25, -0.2) is 0 Å². The Kier molecular flexibility index (Phi) is 17.0. The molecule has 0 amide bonds. The van der Waals surface area contributed by atoms with E-state index >= 15 is 0 Å². The smallest absolute Gasteiger partial charge is 0.311 e. The van der Waals surface area contributed by atoms with Gasteiger partial charge in [0, 0.05) is 39.3 Å². The number of aliphatic hydroxyl groups is 1. The number of phenolic OH excluding ortho intramolecular Hbond substituents is 1. The van der Waals surface area contributed by atoms with Crippen LogP contribution in [0.5, 0.6) is 11.5 Å². The molecule has 348 valence electrons. The van der Waals surface area contributed by atoms with Crippen LogP contribution < -0.4 is 4.74 Å². The minimum absolute atomic E-state index is 0. The van der Waals surface area contributed by atoms with Crippen molar-refractivity contribution in [3.8, 4) is 11.5 Å². The number of methoxy groups -OCH3 is 2. The molecule has 4 aromatic carbocycles. The Hall–Kier alpha value is -4.18. The van der Waals surface area contributed by atoms with E-state index in [1.807, 2.05) is 12.1 Å². The molecule has 2 N–H and O–H groups in total. The first-order chi connectivity index (χ1) is 30.7. The maximum Gasteiger partial charge on any atom is 0.311 e. The molecule has 2 aliphatic heterocycles. The van der Waals surface area contributed by atoms with Gasteiger partial charge in [-0.1, -0.05) is 95.2 Å². The lowest BCUT2D eigenvalue weighted by Gasteiger charge is -2.37. The number of hydrogen-bond donors (Lipinski definition) is 2. The number of carbonyl (C=O) groups excluding carboxylic acids is 2. The van der Waals surface area contributed by atoms with E-state index in [9.17, 15) is 19.8 Å². The van der Waals surface area contributed by atoms with Crippen molar-refractivity contribution in [2.45, 2.75) is 135 Å². The Balaban J connectivity index is 0.000000158. The van der Waals surface area contributed by atoms with Crippen molar-refractivity contribution in [3.63, 3.8) is 0 Å². The molecule has 0 spiro atoms. The standard InChI is InChI=1S/C27H35NO3.C16H17NO3.C11H20O.CH4/c1-30-27(29)24-17-28(18-24)16-19-6-7-23-15-26(13-10-22(23)14-19)31-25-11-8-21(9-12-25)20-4-2-3-5-20;1-20-16(19)14-9-17(10-14)8-11-2-3-13-7-15(18)5-4-12(13)6-11;12-11-7-5-10(6-8-11)9-3-1-2-4-9;/h6-7,10,13-15,20-21,24-25H,2-5,8-9,11-12,16-18H2,1H3;2-7,14,18H,8-10H2,1H3;9-12H,1-8H2;1H4. The topological polar surface area (TPSA) is 109 Å². The summed E-state index contributed by atoms with van der Waals surface area (Å²) in [7, 11) is 2.90. The molecule has 6 aliphatic rings. The van der Waals surface area contributed by atoms with Gasteiger partial charge < -0.3 is 24.4 Å². The number of aliphatic hydroxyl groups excluding tert-OH is 1. The zero-order chi connectivity index (χ0) is 43.7. The lowest BCUT2D eigenvalue weighted by molar-refractivity contribution is -0.152. The molecule has 4 aliphatic carbocycles. The molecule has 0 aromatic heterocycles. The van der Waals surface area contributed by atoms with Gasteiger partial charge in [0.25, 0.3) is 0 Å². The van der Waals surface area contributed by atoms with E-state index in [0.717, 1.165) is 92.3 Å². The van der Waals surface area contributed by atoms with E-state index in [-0.39, 0.29) is 43.1 Å². The SMILES string of the molecule is C.COC(=O)C1CN(Cc2ccc3cc(O)ccc3c2)C1.COC(=O)C1CN(Cc2ccc3cc(OC4CCC(C5CCCC5)CC4)ccc3c2)C1.OC1CCC(C2CCCC2)CC1. The third-order valence-electron chi connectivity index (χ3n) is 15.5. The summed E-state index contributed by atoms with van der Waals surface area (Å²) in [5, 5.41) is 23.4. The maximum absolute atomic E-state index is 11.6. The van der Waals surface area contributed by atoms with Crippen LogP contribution in [0.25, 0.3) is 21.5 Å². The Morgan fingerprint density at radius 2 is 0.938 bits per heavy atom. The number of esters is 2. The number of hydrogen-bond acceptors (Lipinski definition) is 9. The van der Waals surface area contributed by atoms with Gasteiger partial charge in [0.05, 0.1) is 38.3 Å². The number of ether oxygens (including phenoxy) is 3. The average molecular weight is 877 g/mol. The van der Waals surface area contributed by atoms with Gasteiger partial charge in [-0.2, -0.15) is 0 Å². The van der Waals surface area contributed by atoms with Crippen LogP contribution in [0, 0.1) is 35.5 Å². The highest BCUT2D eigenvalue weighted by molar-refractivity contribution is 5.85. The number of benzene rings is 4. The molecule has 0 bridgehead atoms. The van der Waals surface area contributed by atoms with Crippen LogP contribution >= 0.6 is 0 Å². The molecular formula is C55H76N2O7. The van der Waals surface area contributed by atoms with Crippen molar-refractivity contribution in [3.05, 3.63) is 83.9 Å². The molecule has 4 aromatic rings. The van der Waals surface area contributed by atoms with Crippen LogP contribution in [0.1, 0.15) is 121 Å². The molecular weight excluding hydrogens is 801 g/mol. The monoisotopic (exact) mass is 877 g/mol. The summed E-state index contributed by atoms with van der Waals surface area (Å²) in [5.41, 5.74) is 2.50. The lowest BCUT2D eigenvalue weighted by atomic mass is 9.78. The van der Waals surface area contributed by atoms with Gasteiger partial charge in [-0.15, -0.1) is 0 Å². The molecule has 9 heteroatoms. The fraction of sp³-hybridized carbons (Fsp3) is 0.600. The van der Waals surface area contributed by atoms with Crippen LogP contribution in [0.4, 0.5) is 0 Å². The highest BCUT2D eigenvalue weighted by Crippen LogP contribution is 2.41. The summed E-state index contributed by atoms with van der Waals surface area (Å²) in [6.07, 6.45) is 22.0. The fourth-order valence-electron chi connectivity index (χ4n) is 11.7. The maximum atomic E-state index is 11.6. The fourth-order valence-corrected chi connectivity index (χ4v) is 11.7. The molecule has 64 heavy (non-hydrogen) atoms. The zero-order valence-corrected chi connectivity index (χ0v) is 37.9. The molecule has 10 rings (SSSR count). The molecule has 0 atom stereocenters. The first-order valence-electron chi connectivity index (χ1n) is 24.4. The second-order valence-electron chi connectivity index (χ2n) is 19.8. The van der Waals surface area contributed by atoms with Gasteiger partial charge in [-0.05, 0) is 144 Å². The molecule has 2 saturated heterocycles. The molecule has 0 unspecified atom stereocenters. The van der Waals surface area contributed by atoms with Crippen molar-refractivity contribution in [2.24, 2.45) is 35.5 Å². The van der Waals surface area contributed by atoms with E-state index in [4.69, 9.17) is 14.2 Å². The van der Waals surface area contributed by atoms with Gasteiger partial charge >= 0.3 is 11.9 Å². The zero-order valence-electron chi connectivity index (χ0n) is 37.9. The first kappa shape index (κ1) is 47.8. The predicted octanol–water partition coefficient (Wildman–Crippen LogP) is 11.1. The number of fused-ring (bicyclic) bond motifs is 2. The summed E-state index contributed by atoms with van der Waals surface area (Å²) in [6, 6.07) is 24.8. The van der Waals surface area contributed by atoms with Crippen molar-refractivity contribution in [1.82, 2.24) is 9.80 Å². The molecule has 6 fully saturated rings. The van der Waals surface area contributed by atoms with E-state index in [1.165, 1.54) is 126 Å². The van der Waals surface area contributed by atoms with Crippen LogP contribution in [-0.4, -0.2) is 84.6 Å². The third-order valence-corrected chi connectivity index (χ3v) is 15.5. The minimum Gasteiger partial charge on any atom is -0.508 e. The van der Waals surface area contributed by atoms with Crippen LogP contribution in [0.15, 0.2) is 72.8 Å². The van der Waals surface area contributed by atoms with Crippen molar-refractivity contribution in [1.29, 1.82) is 0 Å². The van der Waals surface area contributed by atoms with Crippen LogP contribution in [0.2, 0.25) is 0 Å². The Morgan fingerprint density at radius 1 is 0.531 bits per heavy atom. The highest BCUT2D eigenvalue weighted by atomic mass is 16.5. The van der Waals surface area contributed by atoms with E-state index in [0.29, 0.717) is 6.10 Å². The van der Waals surface area contributed by atoms with E-state index in [2.05, 4.69) is 58.3 Å². The Bertz CT molecular complexity index is 2100. The largest absolute Gasteiger partial charge is 0.508 e. The van der Waals surface area contributed by atoms with Gasteiger partial charge in [0.2, 0.25) is 0 Å². The Labute approximate surface area is 382 Å². The van der Waals surface area contributed by atoms with Crippen molar-refractivity contribution >= 4 is 33.5 Å². The number of rotatable bonds is 10. The average Bonchev–Trinajstić information content (AvgIpc) is 4.03. The number of phenols is 1. The number of nitrogens with zero attached hydrogens (tertiary/aromatic N) is 2. The van der Waals surface area contributed by atoms with E-state index in [1.54, 1.807) is 12.1 Å². The summed E-state index contributed by atoms with van der Waals surface area (Å²) < 4.78 is 15.9. The number of likely N-dealkylation sites (tertiary alicyclic amines) is 2. The molecule has 9 nitrogen and oxygen atoms in total. The lowest BCUT2D eigenvalue weighted by Crippen LogP contribution is -2.49. The van der Waals surface area contributed by atoms with Crippen LogP contribution in [0.3, 0.4) is 0 Å². The highest BCUT2D eigenvalue weighted by Gasteiger charge is 2.35. The molecule has 4 saturated carbocycles. The minimum atomic E-state index is -0.116. The quantitative estimate of drug-likeness (QED) is 0.151. The van der Waals surface area contributed by atoms with E-state index < -0.39 is 0 Å².